The molecule has 5 fully saturated rings. The minimum atomic E-state index is 0.682. The van der Waals surface area contributed by atoms with Gasteiger partial charge in [-0.1, -0.05) is 12.1 Å². The fraction of sp³-hybridized carbons (Fsp3) is 0.727. The number of hydrogen-bond acceptors (Lipinski definition) is 1. The highest BCUT2D eigenvalue weighted by Crippen LogP contribution is 2.61. The lowest BCUT2D eigenvalue weighted by atomic mass is 9.48. The Kier molecular flexibility index (Phi) is 3.46. The van der Waals surface area contributed by atoms with E-state index in [0.717, 1.165) is 17.8 Å². The van der Waals surface area contributed by atoms with Gasteiger partial charge >= 0.3 is 0 Å². The van der Waals surface area contributed by atoms with E-state index in [1.165, 1.54) is 63.7 Å². The highest BCUT2D eigenvalue weighted by atomic mass is 15.1. The van der Waals surface area contributed by atoms with E-state index in [0.29, 0.717) is 5.41 Å². The van der Waals surface area contributed by atoms with Crippen molar-refractivity contribution in [3.63, 3.8) is 0 Å². The van der Waals surface area contributed by atoms with Gasteiger partial charge in [0.15, 0.2) is 0 Å². The van der Waals surface area contributed by atoms with Crippen molar-refractivity contribution in [2.75, 3.05) is 18.0 Å². The van der Waals surface area contributed by atoms with Gasteiger partial charge in [-0.25, -0.2) is 0 Å². The van der Waals surface area contributed by atoms with E-state index in [1.54, 1.807) is 24.8 Å². The first-order valence-corrected chi connectivity index (χ1v) is 10.1. The second-order valence-electron chi connectivity index (χ2n) is 9.31. The molecule has 1 heteroatoms. The molecule has 1 heterocycles. The molecule has 1 aliphatic heterocycles. The third-order valence-corrected chi connectivity index (χ3v) is 7.40. The lowest BCUT2D eigenvalue weighted by molar-refractivity contribution is -0.0521. The second-order valence-corrected chi connectivity index (χ2v) is 9.31. The van der Waals surface area contributed by atoms with E-state index >= 15 is 0 Å². The fourth-order valence-corrected chi connectivity index (χ4v) is 6.92. The monoisotopic (exact) mass is 309 g/mol. The SMILES string of the molecule is c1cc(N2CCCCC2)ccc1CC12CC3CC(CC(C3)C1)C2. The Labute approximate surface area is 141 Å². The Morgan fingerprint density at radius 1 is 0.783 bits per heavy atom. The number of piperidine rings is 1. The molecular weight excluding hydrogens is 278 g/mol. The van der Waals surface area contributed by atoms with Gasteiger partial charge in [-0.3, -0.25) is 0 Å². The van der Waals surface area contributed by atoms with Crippen LogP contribution in [0.15, 0.2) is 24.3 Å². The summed E-state index contributed by atoms with van der Waals surface area (Å²) in [7, 11) is 0. The van der Waals surface area contributed by atoms with Crippen molar-refractivity contribution in [1.29, 1.82) is 0 Å². The lowest BCUT2D eigenvalue weighted by Gasteiger charge is -2.57. The smallest absolute Gasteiger partial charge is 0.0366 e. The van der Waals surface area contributed by atoms with Crippen molar-refractivity contribution in [1.82, 2.24) is 0 Å². The molecule has 0 unspecified atom stereocenters. The van der Waals surface area contributed by atoms with Crippen LogP contribution < -0.4 is 4.90 Å². The molecule has 6 rings (SSSR count). The van der Waals surface area contributed by atoms with Crippen LogP contribution in [0.2, 0.25) is 0 Å². The predicted octanol–water partition coefficient (Wildman–Crippen LogP) is 5.44. The Morgan fingerprint density at radius 2 is 1.35 bits per heavy atom. The molecule has 1 nitrogen and oxygen atoms in total. The molecule has 1 saturated heterocycles. The molecule has 0 amide bonds. The summed E-state index contributed by atoms with van der Waals surface area (Å²) in [5.41, 5.74) is 3.74. The first kappa shape index (κ1) is 14.4. The van der Waals surface area contributed by atoms with Crippen LogP contribution in [0.1, 0.15) is 63.4 Å². The average molecular weight is 309 g/mol. The van der Waals surface area contributed by atoms with Gasteiger partial charge in [0, 0.05) is 18.8 Å². The average Bonchev–Trinajstić information content (AvgIpc) is 2.55. The largest absolute Gasteiger partial charge is 0.372 e. The van der Waals surface area contributed by atoms with Gasteiger partial charge in [-0.15, -0.1) is 0 Å². The molecule has 0 radical (unpaired) electrons. The Balaban J connectivity index is 1.31. The van der Waals surface area contributed by atoms with Gasteiger partial charge < -0.3 is 4.90 Å². The molecule has 1 aromatic carbocycles. The normalized spacial score (nSPS) is 39.0. The molecule has 4 aliphatic carbocycles. The summed E-state index contributed by atoms with van der Waals surface area (Å²) in [4.78, 5) is 2.58. The lowest BCUT2D eigenvalue weighted by Crippen LogP contribution is -2.47. The Hall–Kier alpha value is -0.980. The maximum Gasteiger partial charge on any atom is 0.0366 e. The van der Waals surface area contributed by atoms with Crippen LogP contribution in [0.25, 0.3) is 0 Å². The van der Waals surface area contributed by atoms with Crippen LogP contribution >= 0.6 is 0 Å². The Morgan fingerprint density at radius 3 is 1.91 bits per heavy atom. The van der Waals surface area contributed by atoms with Gasteiger partial charge in [0.2, 0.25) is 0 Å². The third kappa shape index (κ3) is 2.71. The predicted molar refractivity (Wildman–Crippen MR) is 96.8 cm³/mol. The van der Waals surface area contributed by atoms with Gasteiger partial charge in [-0.05, 0) is 105 Å². The van der Waals surface area contributed by atoms with Crippen LogP contribution in [-0.4, -0.2) is 13.1 Å². The molecule has 124 valence electrons. The molecule has 0 aromatic heterocycles. The maximum atomic E-state index is 2.58. The number of nitrogens with zero attached hydrogens (tertiary/aromatic N) is 1. The van der Waals surface area contributed by atoms with E-state index in [2.05, 4.69) is 29.2 Å². The molecule has 0 spiro atoms. The number of hydrogen-bond donors (Lipinski definition) is 0. The van der Waals surface area contributed by atoms with Gasteiger partial charge in [0.1, 0.15) is 0 Å². The number of benzene rings is 1. The van der Waals surface area contributed by atoms with Gasteiger partial charge in [-0.2, -0.15) is 0 Å². The molecule has 5 aliphatic rings. The first-order chi connectivity index (χ1) is 11.3. The zero-order valence-corrected chi connectivity index (χ0v) is 14.5. The molecule has 0 atom stereocenters. The van der Waals surface area contributed by atoms with Crippen LogP contribution in [-0.2, 0) is 6.42 Å². The number of anilines is 1. The Bertz CT molecular complexity index is 517. The van der Waals surface area contributed by atoms with Gasteiger partial charge in [0.25, 0.3) is 0 Å². The molecule has 23 heavy (non-hydrogen) atoms. The van der Waals surface area contributed by atoms with Crippen molar-refractivity contribution in [3.05, 3.63) is 29.8 Å². The maximum absolute atomic E-state index is 2.58. The van der Waals surface area contributed by atoms with E-state index in [9.17, 15) is 0 Å². The third-order valence-electron chi connectivity index (χ3n) is 7.40. The summed E-state index contributed by atoms with van der Waals surface area (Å²) >= 11 is 0. The van der Waals surface area contributed by atoms with Crippen molar-refractivity contribution < 1.29 is 0 Å². The minimum Gasteiger partial charge on any atom is -0.372 e. The van der Waals surface area contributed by atoms with Crippen LogP contribution in [0.3, 0.4) is 0 Å². The topological polar surface area (TPSA) is 3.24 Å². The summed E-state index contributed by atoms with van der Waals surface area (Å²) in [6, 6.07) is 9.70. The van der Waals surface area contributed by atoms with Crippen molar-refractivity contribution in [3.8, 4) is 0 Å². The minimum absolute atomic E-state index is 0.682. The molecular formula is C22H31N. The van der Waals surface area contributed by atoms with Gasteiger partial charge in [0.05, 0.1) is 0 Å². The highest BCUT2D eigenvalue weighted by Gasteiger charge is 2.50. The summed E-state index contributed by atoms with van der Waals surface area (Å²) in [5.74, 6) is 3.23. The molecule has 4 saturated carbocycles. The van der Waals surface area contributed by atoms with Crippen LogP contribution in [0.5, 0.6) is 0 Å². The summed E-state index contributed by atoms with van der Waals surface area (Å²) in [6.07, 6.45) is 14.8. The quantitative estimate of drug-likeness (QED) is 0.719. The zero-order valence-electron chi connectivity index (χ0n) is 14.5. The molecule has 4 bridgehead atoms. The van der Waals surface area contributed by atoms with Crippen LogP contribution in [0.4, 0.5) is 5.69 Å². The van der Waals surface area contributed by atoms with E-state index in [1.807, 2.05) is 0 Å². The number of rotatable bonds is 3. The summed E-state index contributed by atoms with van der Waals surface area (Å²) in [5, 5.41) is 0. The molecule has 1 aromatic rings. The van der Waals surface area contributed by atoms with Crippen LogP contribution in [0, 0.1) is 23.2 Å². The summed E-state index contributed by atoms with van der Waals surface area (Å²) in [6.45, 7) is 2.52. The van der Waals surface area contributed by atoms with E-state index < -0.39 is 0 Å². The molecule has 0 N–H and O–H groups in total. The highest BCUT2D eigenvalue weighted by molar-refractivity contribution is 5.48. The van der Waals surface area contributed by atoms with E-state index in [-0.39, 0.29) is 0 Å². The van der Waals surface area contributed by atoms with E-state index in [4.69, 9.17) is 0 Å². The second kappa shape index (κ2) is 5.53. The summed E-state index contributed by atoms with van der Waals surface area (Å²) < 4.78 is 0. The van der Waals surface area contributed by atoms with Crippen molar-refractivity contribution in [2.45, 2.75) is 64.2 Å². The standard InChI is InChI=1S/C22H31N/c1-2-8-23(9-3-1)21-6-4-17(5-7-21)13-22-14-18-10-19(15-22)12-20(11-18)16-22/h4-7,18-20H,1-3,8-16H2. The van der Waals surface area contributed by atoms with Crippen molar-refractivity contribution >= 4 is 5.69 Å². The zero-order chi connectivity index (χ0) is 15.3. The fourth-order valence-electron chi connectivity index (χ4n) is 6.92. The first-order valence-electron chi connectivity index (χ1n) is 10.1. The van der Waals surface area contributed by atoms with Crippen molar-refractivity contribution in [2.24, 2.45) is 23.2 Å².